The summed E-state index contributed by atoms with van der Waals surface area (Å²) in [5, 5.41) is 9.51. The zero-order chi connectivity index (χ0) is 15.4. The Morgan fingerprint density at radius 1 is 1.33 bits per heavy atom. The van der Waals surface area contributed by atoms with Crippen LogP contribution in [0.15, 0.2) is 36.5 Å². The molecule has 2 rings (SSSR count). The number of aromatic nitrogens is 2. The van der Waals surface area contributed by atoms with Gasteiger partial charge in [-0.15, -0.1) is 0 Å². The fourth-order valence-corrected chi connectivity index (χ4v) is 2.16. The van der Waals surface area contributed by atoms with Crippen molar-refractivity contribution in [3.8, 4) is 0 Å². The number of aliphatic carboxylic acids is 1. The fourth-order valence-electron chi connectivity index (χ4n) is 2.16. The summed E-state index contributed by atoms with van der Waals surface area (Å²) in [4.78, 5) is 21.8. The van der Waals surface area contributed by atoms with Crippen molar-refractivity contribution in [2.75, 3.05) is 19.0 Å². The molecule has 1 aromatic heterocycles. The lowest BCUT2D eigenvalue weighted by Gasteiger charge is -2.15. The molecule has 5 nitrogen and oxygen atoms in total. The number of carboxylic acid groups (broad SMARTS) is 1. The van der Waals surface area contributed by atoms with Gasteiger partial charge in [0, 0.05) is 20.3 Å². The van der Waals surface area contributed by atoms with Gasteiger partial charge in [0.05, 0.1) is 5.69 Å². The molecule has 0 aliphatic carbocycles. The summed E-state index contributed by atoms with van der Waals surface area (Å²) in [6, 6.07) is 9.55. The highest BCUT2D eigenvalue weighted by atomic mass is 16.4. The van der Waals surface area contributed by atoms with E-state index in [0.29, 0.717) is 18.1 Å². The molecule has 0 saturated heterocycles. The van der Waals surface area contributed by atoms with E-state index in [-0.39, 0.29) is 0 Å². The third-order valence-electron chi connectivity index (χ3n) is 3.24. The molecule has 1 aromatic carbocycles. The normalized spacial score (nSPS) is 12.0. The molecule has 0 bridgehead atoms. The Labute approximate surface area is 124 Å². The number of hydrogen-bond donors (Lipinski definition) is 1. The van der Waals surface area contributed by atoms with Crippen LogP contribution in [0.2, 0.25) is 0 Å². The van der Waals surface area contributed by atoms with Crippen LogP contribution in [0.3, 0.4) is 0 Å². The summed E-state index contributed by atoms with van der Waals surface area (Å²) in [5.41, 5.74) is 2.64. The molecule has 1 N–H and O–H groups in total. The van der Waals surface area contributed by atoms with E-state index in [2.05, 4.69) is 9.97 Å². The minimum atomic E-state index is -0.875. The van der Waals surface area contributed by atoms with Crippen LogP contribution >= 0.6 is 0 Å². The monoisotopic (exact) mass is 285 g/mol. The average Bonchev–Trinajstić information content (AvgIpc) is 2.44. The lowest BCUT2D eigenvalue weighted by molar-refractivity contribution is -0.138. The molecule has 0 saturated carbocycles. The highest BCUT2D eigenvalue weighted by molar-refractivity contribution is 5.76. The molecule has 1 unspecified atom stereocenters. The van der Waals surface area contributed by atoms with E-state index >= 15 is 0 Å². The Morgan fingerprint density at radius 3 is 2.71 bits per heavy atom. The van der Waals surface area contributed by atoms with Crippen LogP contribution in [-0.4, -0.2) is 35.1 Å². The summed E-state index contributed by atoms with van der Waals surface area (Å²) in [6.45, 7) is 1.99. The van der Waals surface area contributed by atoms with E-state index in [1.54, 1.807) is 17.2 Å². The van der Waals surface area contributed by atoms with Gasteiger partial charge >= 0.3 is 5.97 Å². The molecule has 0 aliphatic heterocycles. The van der Waals surface area contributed by atoms with E-state index in [1.807, 2.05) is 45.3 Å². The number of carbonyl (C=O) groups is 1. The summed E-state index contributed by atoms with van der Waals surface area (Å²) in [6.07, 6.45) is 2.02. The minimum absolute atomic E-state index is 0.418. The maximum Gasteiger partial charge on any atom is 0.312 e. The molecule has 0 amide bonds. The van der Waals surface area contributed by atoms with Crippen molar-refractivity contribution in [3.05, 3.63) is 53.3 Å². The fraction of sp³-hybridized carbons (Fsp3) is 0.312. The number of hydrogen-bond acceptors (Lipinski definition) is 4. The molecule has 0 aliphatic rings. The van der Waals surface area contributed by atoms with Gasteiger partial charge in [-0.05, 0) is 25.0 Å². The Bertz CT molecular complexity index is 641. The van der Waals surface area contributed by atoms with Gasteiger partial charge in [0.15, 0.2) is 0 Å². The molecule has 110 valence electrons. The summed E-state index contributed by atoms with van der Waals surface area (Å²) < 4.78 is 0. The first-order chi connectivity index (χ1) is 9.97. The summed E-state index contributed by atoms with van der Waals surface area (Å²) >= 11 is 0. The molecule has 5 heteroatoms. The van der Waals surface area contributed by atoms with E-state index in [4.69, 9.17) is 0 Å². The summed E-state index contributed by atoms with van der Waals surface area (Å²) in [7, 11) is 3.66. The molecule has 1 heterocycles. The van der Waals surface area contributed by atoms with Gasteiger partial charge in [0.25, 0.3) is 0 Å². The molecular formula is C16H19N3O2. The van der Waals surface area contributed by atoms with Crippen molar-refractivity contribution < 1.29 is 9.90 Å². The largest absolute Gasteiger partial charge is 0.481 e. The quantitative estimate of drug-likeness (QED) is 0.912. The number of nitrogens with zero attached hydrogens (tertiary/aromatic N) is 3. The van der Waals surface area contributed by atoms with Gasteiger partial charge in [-0.2, -0.15) is 0 Å². The van der Waals surface area contributed by atoms with Crippen LogP contribution in [0.4, 0.5) is 5.95 Å². The Morgan fingerprint density at radius 2 is 2.10 bits per heavy atom. The van der Waals surface area contributed by atoms with Gasteiger partial charge in [-0.25, -0.2) is 9.97 Å². The maximum absolute atomic E-state index is 11.6. The van der Waals surface area contributed by atoms with Gasteiger partial charge in [0.1, 0.15) is 5.92 Å². The molecule has 0 fully saturated rings. The number of carboxylic acids is 1. The lowest BCUT2D eigenvalue weighted by Crippen LogP contribution is -2.19. The van der Waals surface area contributed by atoms with Crippen molar-refractivity contribution in [1.29, 1.82) is 0 Å². The zero-order valence-corrected chi connectivity index (χ0v) is 12.4. The number of aryl methyl sites for hydroxylation is 1. The van der Waals surface area contributed by atoms with Crippen LogP contribution in [0.25, 0.3) is 0 Å². The third kappa shape index (κ3) is 3.78. The smallest absolute Gasteiger partial charge is 0.312 e. The van der Waals surface area contributed by atoms with Crippen molar-refractivity contribution >= 4 is 11.9 Å². The van der Waals surface area contributed by atoms with Crippen LogP contribution in [0.5, 0.6) is 0 Å². The van der Waals surface area contributed by atoms with Crippen LogP contribution in [0.1, 0.15) is 22.7 Å². The Balaban J connectivity index is 2.31. The average molecular weight is 285 g/mol. The van der Waals surface area contributed by atoms with Crippen molar-refractivity contribution in [2.45, 2.75) is 19.3 Å². The number of benzene rings is 1. The lowest BCUT2D eigenvalue weighted by atomic mass is 9.95. The Kier molecular flexibility index (Phi) is 4.52. The second-order valence-electron chi connectivity index (χ2n) is 5.26. The number of anilines is 1. The molecule has 1 atom stereocenters. The first-order valence-corrected chi connectivity index (χ1v) is 6.76. The van der Waals surface area contributed by atoms with Crippen LogP contribution in [0, 0.1) is 6.92 Å². The second-order valence-corrected chi connectivity index (χ2v) is 5.26. The predicted molar refractivity (Wildman–Crippen MR) is 81.6 cm³/mol. The van der Waals surface area contributed by atoms with E-state index < -0.39 is 11.9 Å². The minimum Gasteiger partial charge on any atom is -0.481 e. The van der Waals surface area contributed by atoms with E-state index in [9.17, 15) is 9.90 Å². The van der Waals surface area contributed by atoms with Gasteiger partial charge < -0.3 is 10.0 Å². The van der Waals surface area contributed by atoms with Crippen molar-refractivity contribution in [1.82, 2.24) is 9.97 Å². The second kappa shape index (κ2) is 6.35. The van der Waals surface area contributed by atoms with E-state index in [0.717, 1.165) is 11.1 Å². The number of rotatable bonds is 5. The predicted octanol–water partition coefficient (Wildman–Crippen LogP) is 2.26. The van der Waals surface area contributed by atoms with Crippen LogP contribution in [-0.2, 0) is 11.2 Å². The maximum atomic E-state index is 11.6. The molecular weight excluding hydrogens is 266 g/mol. The molecule has 0 spiro atoms. The Hall–Kier alpha value is -2.43. The van der Waals surface area contributed by atoms with Gasteiger partial charge in [-0.3, -0.25) is 4.79 Å². The molecule has 0 radical (unpaired) electrons. The third-order valence-corrected chi connectivity index (χ3v) is 3.24. The standard InChI is InChI=1S/C16H19N3O2/c1-11-5-4-6-12(9-11)10-13(15(20)21)14-7-8-17-16(18-14)19(2)3/h4-9,13H,10H2,1-3H3,(H,20,21). The zero-order valence-electron chi connectivity index (χ0n) is 12.4. The highest BCUT2D eigenvalue weighted by Gasteiger charge is 2.22. The first kappa shape index (κ1) is 15.0. The highest BCUT2D eigenvalue weighted by Crippen LogP contribution is 2.21. The first-order valence-electron chi connectivity index (χ1n) is 6.76. The van der Waals surface area contributed by atoms with Gasteiger partial charge in [0.2, 0.25) is 5.95 Å². The SMILES string of the molecule is Cc1cccc(CC(C(=O)O)c2ccnc(N(C)C)n2)c1. The summed E-state index contributed by atoms with van der Waals surface area (Å²) in [5.74, 6) is -1.03. The van der Waals surface area contributed by atoms with E-state index in [1.165, 1.54) is 0 Å². The van der Waals surface area contributed by atoms with Gasteiger partial charge in [-0.1, -0.05) is 29.8 Å². The van der Waals surface area contributed by atoms with Crippen molar-refractivity contribution in [2.24, 2.45) is 0 Å². The topological polar surface area (TPSA) is 66.3 Å². The van der Waals surface area contributed by atoms with Crippen LogP contribution < -0.4 is 4.90 Å². The molecule has 2 aromatic rings. The van der Waals surface area contributed by atoms with Crippen molar-refractivity contribution in [3.63, 3.8) is 0 Å². The molecule has 21 heavy (non-hydrogen) atoms.